The van der Waals surface area contributed by atoms with E-state index in [1.807, 2.05) is 47.6 Å². The largest absolute Gasteiger partial charge is 0.507 e. The molecule has 0 spiro atoms. The number of benzene rings is 1. The van der Waals surface area contributed by atoms with Crippen LogP contribution in [0.3, 0.4) is 0 Å². The molecule has 1 aliphatic heterocycles. The third-order valence-corrected chi connectivity index (χ3v) is 6.55. The first kappa shape index (κ1) is 22.4. The van der Waals surface area contributed by atoms with E-state index in [0.29, 0.717) is 29.9 Å². The predicted molar refractivity (Wildman–Crippen MR) is 110 cm³/mol. The lowest BCUT2D eigenvalue weighted by molar-refractivity contribution is 0.0735. The number of nitrogens with zero attached hydrogens (tertiary/aromatic N) is 2. The molecule has 1 N–H and O–H groups in total. The molecule has 1 aliphatic rings. The van der Waals surface area contributed by atoms with Gasteiger partial charge in [0.15, 0.2) is 4.91 Å². The fraction of sp³-hybridized carbons (Fsp3) is 0.571. The maximum Gasteiger partial charge on any atom is 0.253 e. The standard InChI is InChI=1S/C21H30N2O4S/c1-20(2,3)17-12-15(13-18(19(17)24)21(4,5)6)11-16(14-22)28(25,26)23-7-9-27-10-8-23/h11-13,24H,7-10H2,1-6H3. The molecule has 2 rings (SSSR count). The second-order valence-corrected chi connectivity index (χ2v) is 11.0. The van der Waals surface area contributed by atoms with Gasteiger partial charge in [0.05, 0.1) is 13.2 Å². The number of sulfonamides is 1. The summed E-state index contributed by atoms with van der Waals surface area (Å²) in [6, 6.07) is 5.37. The number of nitriles is 1. The summed E-state index contributed by atoms with van der Waals surface area (Å²) in [6.07, 6.45) is 1.40. The third-order valence-electron chi connectivity index (χ3n) is 4.74. The molecule has 1 aromatic rings. The van der Waals surface area contributed by atoms with Crippen molar-refractivity contribution in [1.82, 2.24) is 4.31 Å². The first-order valence-electron chi connectivity index (χ1n) is 9.36. The highest BCUT2D eigenvalue weighted by Crippen LogP contribution is 2.40. The van der Waals surface area contributed by atoms with E-state index in [1.165, 1.54) is 10.4 Å². The van der Waals surface area contributed by atoms with Crippen molar-refractivity contribution in [2.45, 2.75) is 52.4 Å². The maximum atomic E-state index is 12.9. The van der Waals surface area contributed by atoms with Crippen molar-refractivity contribution in [1.29, 1.82) is 5.26 Å². The number of aromatic hydroxyl groups is 1. The Morgan fingerprint density at radius 3 is 1.96 bits per heavy atom. The Kier molecular flexibility index (Phi) is 6.29. The lowest BCUT2D eigenvalue weighted by atomic mass is 9.78. The first-order valence-corrected chi connectivity index (χ1v) is 10.8. The lowest BCUT2D eigenvalue weighted by Gasteiger charge is -2.28. The molecule has 0 saturated carbocycles. The smallest absolute Gasteiger partial charge is 0.253 e. The van der Waals surface area contributed by atoms with E-state index < -0.39 is 10.0 Å². The molecular weight excluding hydrogens is 376 g/mol. The molecule has 1 aromatic carbocycles. The third kappa shape index (κ3) is 4.75. The summed E-state index contributed by atoms with van der Waals surface area (Å²) in [5, 5.41) is 20.4. The molecule has 0 atom stereocenters. The van der Waals surface area contributed by atoms with E-state index in [4.69, 9.17) is 4.74 Å². The van der Waals surface area contributed by atoms with Gasteiger partial charge in [-0.2, -0.15) is 9.57 Å². The monoisotopic (exact) mass is 406 g/mol. The van der Waals surface area contributed by atoms with Gasteiger partial charge in [-0.05, 0) is 34.6 Å². The van der Waals surface area contributed by atoms with E-state index >= 15 is 0 Å². The van der Waals surface area contributed by atoms with Gasteiger partial charge in [-0.3, -0.25) is 0 Å². The highest BCUT2D eigenvalue weighted by atomic mass is 32.2. The average molecular weight is 407 g/mol. The number of phenolic OH excluding ortho intramolecular Hbond substituents is 1. The van der Waals surface area contributed by atoms with Crippen LogP contribution in [0.25, 0.3) is 6.08 Å². The van der Waals surface area contributed by atoms with Crippen LogP contribution in [-0.2, 0) is 25.6 Å². The lowest BCUT2D eigenvalue weighted by Crippen LogP contribution is -2.41. The van der Waals surface area contributed by atoms with E-state index in [9.17, 15) is 18.8 Å². The molecule has 0 amide bonds. The number of ether oxygens (including phenoxy) is 1. The number of phenols is 1. The van der Waals surface area contributed by atoms with E-state index in [1.54, 1.807) is 12.1 Å². The molecule has 0 aliphatic carbocycles. The SMILES string of the molecule is CC(C)(C)c1cc(C=C(C#N)S(=O)(=O)N2CCOCC2)cc(C(C)(C)C)c1O. The minimum atomic E-state index is -3.89. The zero-order valence-electron chi connectivity index (χ0n) is 17.5. The maximum absolute atomic E-state index is 12.9. The molecule has 28 heavy (non-hydrogen) atoms. The van der Waals surface area contributed by atoms with Crippen LogP contribution in [0, 0.1) is 11.3 Å². The van der Waals surface area contributed by atoms with Crippen molar-refractivity contribution < 1.29 is 18.3 Å². The molecule has 1 heterocycles. The van der Waals surface area contributed by atoms with Crippen molar-refractivity contribution in [2.24, 2.45) is 0 Å². The molecule has 0 bridgehead atoms. The molecular formula is C21H30N2O4S. The van der Waals surface area contributed by atoms with E-state index in [0.717, 1.165) is 0 Å². The van der Waals surface area contributed by atoms with Crippen LogP contribution in [0.5, 0.6) is 5.75 Å². The number of rotatable bonds is 3. The highest BCUT2D eigenvalue weighted by molar-refractivity contribution is 7.93. The van der Waals surface area contributed by atoms with Gasteiger partial charge in [0, 0.05) is 24.2 Å². The van der Waals surface area contributed by atoms with Crippen LogP contribution in [0.15, 0.2) is 17.0 Å². The zero-order chi connectivity index (χ0) is 21.3. The summed E-state index contributed by atoms with van der Waals surface area (Å²) in [7, 11) is -3.89. The van der Waals surface area contributed by atoms with Crippen LogP contribution in [0.2, 0.25) is 0 Å². The molecule has 0 radical (unpaired) electrons. The average Bonchev–Trinajstić information content (AvgIpc) is 2.59. The van der Waals surface area contributed by atoms with Gasteiger partial charge in [-0.15, -0.1) is 0 Å². The molecule has 1 saturated heterocycles. The van der Waals surface area contributed by atoms with Crippen LogP contribution in [-0.4, -0.2) is 44.1 Å². The Hall–Kier alpha value is -1.88. The number of hydrogen-bond donors (Lipinski definition) is 1. The van der Waals surface area contributed by atoms with Gasteiger partial charge in [0.1, 0.15) is 11.8 Å². The molecule has 0 unspecified atom stereocenters. The second kappa shape index (κ2) is 7.86. The summed E-state index contributed by atoms with van der Waals surface area (Å²) in [6.45, 7) is 13.0. The summed E-state index contributed by atoms with van der Waals surface area (Å²) in [5.74, 6) is 0.215. The van der Waals surface area contributed by atoms with Gasteiger partial charge in [-0.1, -0.05) is 41.5 Å². The van der Waals surface area contributed by atoms with Gasteiger partial charge in [-0.25, -0.2) is 8.42 Å². The van der Waals surface area contributed by atoms with Crippen LogP contribution in [0.1, 0.15) is 58.2 Å². The quantitative estimate of drug-likeness (QED) is 0.776. The van der Waals surface area contributed by atoms with Gasteiger partial charge in [0.2, 0.25) is 0 Å². The van der Waals surface area contributed by atoms with E-state index in [-0.39, 0.29) is 34.6 Å². The summed E-state index contributed by atoms with van der Waals surface area (Å²) in [5.41, 5.74) is 1.33. The van der Waals surface area contributed by atoms with Crippen molar-refractivity contribution in [3.05, 3.63) is 33.7 Å². The molecule has 6 nitrogen and oxygen atoms in total. The Bertz CT molecular complexity index is 872. The zero-order valence-corrected chi connectivity index (χ0v) is 18.4. The van der Waals surface area contributed by atoms with Gasteiger partial charge < -0.3 is 9.84 Å². The Morgan fingerprint density at radius 2 is 1.57 bits per heavy atom. The van der Waals surface area contributed by atoms with Crippen molar-refractivity contribution >= 4 is 16.1 Å². The Labute approximate surface area is 168 Å². The predicted octanol–water partition coefficient (Wildman–Crippen LogP) is 3.51. The fourth-order valence-electron chi connectivity index (χ4n) is 3.13. The van der Waals surface area contributed by atoms with Crippen molar-refractivity contribution in [3.8, 4) is 11.8 Å². The van der Waals surface area contributed by atoms with Crippen LogP contribution < -0.4 is 0 Å². The van der Waals surface area contributed by atoms with Crippen molar-refractivity contribution in [3.63, 3.8) is 0 Å². The number of allylic oxidation sites excluding steroid dienone is 1. The van der Waals surface area contributed by atoms with Crippen molar-refractivity contribution in [2.75, 3.05) is 26.3 Å². The second-order valence-electron chi connectivity index (χ2n) is 9.10. The molecule has 154 valence electrons. The Balaban J connectivity index is 2.64. The number of hydrogen-bond acceptors (Lipinski definition) is 5. The Morgan fingerprint density at radius 1 is 1.11 bits per heavy atom. The van der Waals surface area contributed by atoms with Gasteiger partial charge in [0.25, 0.3) is 10.0 Å². The molecule has 7 heteroatoms. The number of morpholine rings is 1. The minimum Gasteiger partial charge on any atom is -0.507 e. The highest BCUT2D eigenvalue weighted by Gasteiger charge is 2.30. The summed E-state index contributed by atoms with van der Waals surface area (Å²) >= 11 is 0. The molecule has 1 fully saturated rings. The first-order chi connectivity index (χ1) is 12.8. The molecule has 0 aromatic heterocycles. The fourth-order valence-corrected chi connectivity index (χ4v) is 4.43. The van der Waals surface area contributed by atoms with Gasteiger partial charge >= 0.3 is 0 Å². The topological polar surface area (TPSA) is 90.6 Å². The normalized spacial score (nSPS) is 17.4. The van der Waals surface area contributed by atoms with Crippen LogP contribution >= 0.6 is 0 Å². The summed E-state index contributed by atoms with van der Waals surface area (Å²) in [4.78, 5) is -0.306. The van der Waals surface area contributed by atoms with E-state index in [2.05, 4.69) is 0 Å². The summed E-state index contributed by atoms with van der Waals surface area (Å²) < 4.78 is 32.3. The van der Waals surface area contributed by atoms with Crippen LogP contribution in [0.4, 0.5) is 0 Å². The minimum absolute atomic E-state index is 0.215.